The molecular weight excluding hydrogens is 340 g/mol. The molecule has 8 unspecified atom stereocenters. The van der Waals surface area contributed by atoms with Gasteiger partial charge in [-0.1, -0.05) is 39.7 Å². The number of hydrogen-bond acceptors (Lipinski definition) is 1. The molecule has 4 saturated carbocycles. The van der Waals surface area contributed by atoms with E-state index in [2.05, 4.69) is 41.2 Å². The number of fused-ring (bicyclic) bond motifs is 5. The third-order valence-corrected chi connectivity index (χ3v) is 10.7. The van der Waals surface area contributed by atoms with Crippen LogP contribution in [0.15, 0.2) is 12.2 Å². The average molecular weight is 387 g/mol. The highest BCUT2D eigenvalue weighted by Gasteiger charge is 2.62. The lowest BCUT2D eigenvalue weighted by molar-refractivity contribution is -0.168. The van der Waals surface area contributed by atoms with E-state index >= 15 is 0 Å². The second-order valence-corrected chi connectivity index (χ2v) is 12.4. The highest BCUT2D eigenvalue weighted by atomic mass is 16.3. The molecule has 160 valence electrons. The zero-order valence-corrected chi connectivity index (χ0v) is 19.3. The molecule has 4 rings (SSSR count). The van der Waals surface area contributed by atoms with E-state index in [1.54, 1.807) is 0 Å². The predicted molar refractivity (Wildman–Crippen MR) is 119 cm³/mol. The van der Waals surface area contributed by atoms with Crippen molar-refractivity contribution in [3.8, 4) is 0 Å². The van der Waals surface area contributed by atoms with Crippen LogP contribution in [0.25, 0.3) is 0 Å². The van der Waals surface area contributed by atoms with E-state index in [1.807, 2.05) is 0 Å². The SMILES string of the molecule is C=C(C)CC[C@@H](C)C1CCC2C3C(O)CC4C[C@H](C)CCC4(C)C3CCC21C. The predicted octanol–water partition coefficient (Wildman–Crippen LogP) is 7.24. The van der Waals surface area contributed by atoms with Gasteiger partial charge < -0.3 is 5.11 Å². The molecule has 0 heterocycles. The fraction of sp³-hybridized carbons (Fsp3) is 0.926. The first-order valence-electron chi connectivity index (χ1n) is 12.5. The standard InChI is InChI=1S/C27H46O/c1-17(2)7-8-19(4)21-9-10-22-25-23(12-14-27(21,22)6)26(5)13-11-18(3)15-20(26)16-24(25)28/h18-25,28H,1,7-16H2,2-6H3/t18-,19-,20?,21?,22?,23?,24?,25?,26?,27?/m1/s1. The van der Waals surface area contributed by atoms with Crippen LogP contribution in [-0.4, -0.2) is 11.2 Å². The van der Waals surface area contributed by atoms with Crippen LogP contribution in [0, 0.1) is 52.3 Å². The molecule has 4 aliphatic rings. The Labute approximate surface area is 174 Å². The monoisotopic (exact) mass is 386 g/mol. The van der Waals surface area contributed by atoms with Crippen LogP contribution < -0.4 is 0 Å². The van der Waals surface area contributed by atoms with Gasteiger partial charge in [0.05, 0.1) is 6.10 Å². The fourth-order valence-electron chi connectivity index (χ4n) is 9.09. The molecule has 0 radical (unpaired) electrons. The van der Waals surface area contributed by atoms with Crippen molar-refractivity contribution >= 4 is 0 Å². The Morgan fingerprint density at radius 2 is 1.71 bits per heavy atom. The van der Waals surface area contributed by atoms with Crippen molar-refractivity contribution in [2.75, 3.05) is 0 Å². The first-order chi connectivity index (χ1) is 13.2. The number of rotatable bonds is 4. The van der Waals surface area contributed by atoms with Crippen molar-refractivity contribution in [2.45, 2.75) is 105 Å². The van der Waals surface area contributed by atoms with Crippen molar-refractivity contribution in [3.63, 3.8) is 0 Å². The lowest BCUT2D eigenvalue weighted by Gasteiger charge is -2.62. The lowest BCUT2D eigenvalue weighted by Crippen LogP contribution is -2.58. The molecule has 4 fully saturated rings. The summed E-state index contributed by atoms with van der Waals surface area (Å²) in [5.74, 6) is 5.38. The highest BCUT2D eigenvalue weighted by Crippen LogP contribution is 2.68. The van der Waals surface area contributed by atoms with E-state index in [9.17, 15) is 5.11 Å². The first kappa shape index (κ1) is 21.0. The van der Waals surface area contributed by atoms with Crippen LogP contribution in [0.2, 0.25) is 0 Å². The Balaban J connectivity index is 1.55. The summed E-state index contributed by atoms with van der Waals surface area (Å²) in [6.45, 7) is 16.5. The Hall–Kier alpha value is -0.300. The van der Waals surface area contributed by atoms with Gasteiger partial charge in [-0.25, -0.2) is 0 Å². The van der Waals surface area contributed by atoms with E-state index < -0.39 is 0 Å². The van der Waals surface area contributed by atoms with E-state index in [0.29, 0.717) is 16.7 Å². The second-order valence-electron chi connectivity index (χ2n) is 12.4. The minimum atomic E-state index is -0.0394. The van der Waals surface area contributed by atoms with Gasteiger partial charge in [0.15, 0.2) is 0 Å². The van der Waals surface area contributed by atoms with Crippen LogP contribution >= 0.6 is 0 Å². The highest BCUT2D eigenvalue weighted by molar-refractivity contribution is 5.11. The molecule has 0 aromatic heterocycles. The maximum Gasteiger partial charge on any atom is 0.0577 e. The largest absolute Gasteiger partial charge is 0.393 e. The Morgan fingerprint density at radius 3 is 2.43 bits per heavy atom. The summed E-state index contributed by atoms with van der Waals surface area (Å²) in [6.07, 6.45) is 13.3. The van der Waals surface area contributed by atoms with E-state index in [4.69, 9.17) is 0 Å². The normalized spacial score (nSPS) is 51.7. The molecule has 0 aromatic carbocycles. The Bertz CT molecular complexity index is 595. The molecule has 0 aromatic rings. The Morgan fingerprint density at radius 1 is 1.04 bits per heavy atom. The van der Waals surface area contributed by atoms with Crippen LogP contribution in [0.1, 0.15) is 98.8 Å². The zero-order chi connectivity index (χ0) is 20.3. The van der Waals surface area contributed by atoms with Gasteiger partial charge in [0.25, 0.3) is 0 Å². The molecule has 28 heavy (non-hydrogen) atoms. The van der Waals surface area contributed by atoms with Gasteiger partial charge in [0, 0.05) is 0 Å². The quantitative estimate of drug-likeness (QED) is 0.505. The summed E-state index contributed by atoms with van der Waals surface area (Å²) in [6, 6.07) is 0. The van der Waals surface area contributed by atoms with Crippen molar-refractivity contribution in [1.82, 2.24) is 0 Å². The summed E-state index contributed by atoms with van der Waals surface area (Å²) < 4.78 is 0. The van der Waals surface area contributed by atoms with Crippen molar-refractivity contribution in [3.05, 3.63) is 12.2 Å². The molecule has 1 N–H and O–H groups in total. The number of aliphatic hydroxyl groups is 1. The average Bonchev–Trinajstić information content (AvgIpc) is 2.98. The van der Waals surface area contributed by atoms with Crippen LogP contribution in [-0.2, 0) is 0 Å². The maximum absolute atomic E-state index is 11.4. The smallest absolute Gasteiger partial charge is 0.0577 e. The molecule has 1 nitrogen and oxygen atoms in total. The van der Waals surface area contributed by atoms with Gasteiger partial charge in [-0.15, -0.1) is 6.58 Å². The molecule has 4 aliphatic carbocycles. The van der Waals surface area contributed by atoms with Crippen LogP contribution in [0.3, 0.4) is 0 Å². The topological polar surface area (TPSA) is 20.2 Å². The van der Waals surface area contributed by atoms with Crippen LogP contribution in [0.5, 0.6) is 0 Å². The Kier molecular flexibility index (Phi) is 5.56. The molecule has 1 heteroatoms. The second kappa shape index (κ2) is 7.44. The minimum Gasteiger partial charge on any atom is -0.393 e. The summed E-state index contributed by atoms with van der Waals surface area (Å²) in [4.78, 5) is 0. The van der Waals surface area contributed by atoms with Crippen LogP contribution in [0.4, 0.5) is 0 Å². The first-order valence-corrected chi connectivity index (χ1v) is 12.5. The molecule has 10 atom stereocenters. The summed E-state index contributed by atoms with van der Waals surface area (Å²) in [7, 11) is 0. The van der Waals surface area contributed by atoms with Crippen molar-refractivity contribution in [1.29, 1.82) is 0 Å². The molecular formula is C27H46O. The van der Waals surface area contributed by atoms with E-state index in [1.165, 1.54) is 63.4 Å². The van der Waals surface area contributed by atoms with Crippen molar-refractivity contribution in [2.24, 2.45) is 52.3 Å². The number of allylic oxidation sites excluding steroid dienone is 1. The third-order valence-electron chi connectivity index (χ3n) is 10.7. The molecule has 0 amide bonds. The van der Waals surface area contributed by atoms with Crippen molar-refractivity contribution < 1.29 is 5.11 Å². The molecule has 0 spiro atoms. The minimum absolute atomic E-state index is 0.0394. The summed E-state index contributed by atoms with van der Waals surface area (Å²) in [5.41, 5.74) is 2.30. The zero-order valence-electron chi connectivity index (χ0n) is 19.3. The maximum atomic E-state index is 11.4. The lowest BCUT2D eigenvalue weighted by atomic mass is 9.43. The fourth-order valence-corrected chi connectivity index (χ4v) is 9.09. The summed E-state index contributed by atoms with van der Waals surface area (Å²) in [5, 5.41) is 11.4. The molecule has 0 saturated heterocycles. The van der Waals surface area contributed by atoms with Gasteiger partial charge in [-0.05, 0) is 117 Å². The number of hydrogen-bond donors (Lipinski definition) is 1. The van der Waals surface area contributed by atoms with Gasteiger partial charge in [-0.3, -0.25) is 0 Å². The molecule has 0 aliphatic heterocycles. The summed E-state index contributed by atoms with van der Waals surface area (Å²) >= 11 is 0. The number of aliphatic hydroxyl groups excluding tert-OH is 1. The van der Waals surface area contributed by atoms with Gasteiger partial charge >= 0.3 is 0 Å². The van der Waals surface area contributed by atoms with Gasteiger partial charge in [0.2, 0.25) is 0 Å². The van der Waals surface area contributed by atoms with Gasteiger partial charge in [0.1, 0.15) is 0 Å². The third kappa shape index (κ3) is 3.23. The van der Waals surface area contributed by atoms with E-state index in [0.717, 1.165) is 41.9 Å². The molecule has 0 bridgehead atoms. The van der Waals surface area contributed by atoms with E-state index in [-0.39, 0.29) is 6.10 Å². The van der Waals surface area contributed by atoms with Gasteiger partial charge in [-0.2, -0.15) is 0 Å².